The van der Waals surface area contributed by atoms with Gasteiger partial charge in [0.2, 0.25) is 0 Å². The molecule has 24 heavy (non-hydrogen) atoms. The summed E-state index contributed by atoms with van der Waals surface area (Å²) in [5.41, 5.74) is 0. The minimum Gasteiger partial charge on any atom is -0.378 e. The third-order valence-electron chi connectivity index (χ3n) is 4.72. The molecule has 0 bridgehead atoms. The third-order valence-corrected chi connectivity index (χ3v) is 5.74. The van der Waals surface area contributed by atoms with Crippen LogP contribution in [-0.4, -0.2) is 67.6 Å². The van der Waals surface area contributed by atoms with Crippen LogP contribution in [0.2, 0.25) is 0 Å². The molecule has 6 nitrogen and oxygen atoms in total. The van der Waals surface area contributed by atoms with E-state index in [9.17, 15) is 8.42 Å². The lowest BCUT2D eigenvalue weighted by molar-refractivity contribution is 0.0181. The normalized spacial score (nSPS) is 17.7. The Labute approximate surface area is 148 Å². The van der Waals surface area contributed by atoms with Crippen molar-refractivity contribution in [3.63, 3.8) is 0 Å². The molecular weight excluding hydrogens is 328 g/mol. The maximum Gasteiger partial charge on any atom is 0.335 e. The summed E-state index contributed by atoms with van der Waals surface area (Å²) in [4.78, 5) is 2.53. The van der Waals surface area contributed by atoms with Gasteiger partial charge in [0.15, 0.2) is 0 Å². The molecular formula is C17H36N2O4S. The van der Waals surface area contributed by atoms with E-state index in [1.807, 2.05) is 0 Å². The summed E-state index contributed by atoms with van der Waals surface area (Å²) in [6.07, 6.45) is 8.78. The van der Waals surface area contributed by atoms with Crippen molar-refractivity contribution in [2.45, 2.75) is 71.3 Å². The van der Waals surface area contributed by atoms with Gasteiger partial charge in [-0.2, -0.15) is 12.7 Å². The number of hydrogen-bond acceptors (Lipinski definition) is 4. The number of rotatable bonds is 13. The fraction of sp³-hybridized carbons (Fsp3) is 1.00. The fourth-order valence-electron chi connectivity index (χ4n) is 3.08. The Morgan fingerprint density at radius 2 is 1.67 bits per heavy atom. The Bertz CT molecular complexity index is 409. The van der Waals surface area contributed by atoms with Crippen molar-refractivity contribution in [2.24, 2.45) is 0 Å². The zero-order valence-electron chi connectivity index (χ0n) is 15.5. The first-order chi connectivity index (χ1) is 11.5. The van der Waals surface area contributed by atoms with E-state index in [0.29, 0.717) is 25.9 Å². The lowest BCUT2D eigenvalue weighted by Crippen LogP contribution is -2.40. The van der Waals surface area contributed by atoms with Gasteiger partial charge in [-0.25, -0.2) is 0 Å². The molecule has 0 atom stereocenters. The molecule has 0 aromatic rings. The Kier molecular flexibility index (Phi) is 11.1. The quantitative estimate of drug-likeness (QED) is 0.402. The van der Waals surface area contributed by atoms with Crippen LogP contribution in [0.1, 0.15) is 65.2 Å². The van der Waals surface area contributed by atoms with Crippen LogP contribution in [0.3, 0.4) is 0 Å². The second kappa shape index (κ2) is 12.2. The highest BCUT2D eigenvalue weighted by atomic mass is 32.2. The molecule has 1 aliphatic heterocycles. The van der Waals surface area contributed by atoms with Crippen molar-refractivity contribution in [2.75, 3.05) is 39.3 Å². The first kappa shape index (κ1) is 21.8. The summed E-state index contributed by atoms with van der Waals surface area (Å²) in [6, 6.07) is 0. The van der Waals surface area contributed by atoms with Gasteiger partial charge in [-0.05, 0) is 51.7 Å². The van der Waals surface area contributed by atoms with Gasteiger partial charge >= 0.3 is 10.3 Å². The van der Waals surface area contributed by atoms with Crippen LogP contribution in [0.15, 0.2) is 0 Å². The minimum atomic E-state index is -4.03. The molecule has 1 rings (SSSR count). The van der Waals surface area contributed by atoms with E-state index in [1.165, 1.54) is 45.2 Å². The van der Waals surface area contributed by atoms with Gasteiger partial charge in [0.05, 0.1) is 6.10 Å². The molecule has 0 radical (unpaired) electrons. The van der Waals surface area contributed by atoms with Gasteiger partial charge in [0, 0.05) is 19.7 Å². The van der Waals surface area contributed by atoms with Crippen molar-refractivity contribution in [1.82, 2.24) is 9.21 Å². The predicted octanol–water partition coefficient (Wildman–Crippen LogP) is 2.95. The topological polar surface area (TPSA) is 70.1 Å². The zero-order valence-corrected chi connectivity index (χ0v) is 16.3. The monoisotopic (exact) mass is 364 g/mol. The Balaban J connectivity index is 1.97. The smallest absolute Gasteiger partial charge is 0.335 e. The van der Waals surface area contributed by atoms with E-state index in [0.717, 1.165) is 23.9 Å². The van der Waals surface area contributed by atoms with Crippen molar-refractivity contribution in [3.8, 4) is 0 Å². The molecule has 0 aromatic carbocycles. The van der Waals surface area contributed by atoms with E-state index in [-0.39, 0.29) is 6.10 Å². The molecule has 0 saturated carbocycles. The summed E-state index contributed by atoms with van der Waals surface area (Å²) in [6.45, 7) is 9.50. The second-order valence-electron chi connectivity index (χ2n) is 6.65. The molecule has 0 amide bonds. The van der Waals surface area contributed by atoms with Crippen LogP contribution in [0.5, 0.6) is 0 Å². The van der Waals surface area contributed by atoms with E-state index >= 15 is 0 Å². The van der Waals surface area contributed by atoms with Crippen molar-refractivity contribution >= 4 is 10.3 Å². The molecule has 7 heteroatoms. The standard InChI is InChI=1S/C17H36N2O4S/c1-3-5-12-18(4-2)13-8-6-7-9-16-23-17-10-14-19(15-11-17)24(20,21)22/h17H,3-16H2,1-2H3,(H,20,21,22). The average Bonchev–Trinajstić information content (AvgIpc) is 2.56. The highest BCUT2D eigenvalue weighted by Gasteiger charge is 2.26. The van der Waals surface area contributed by atoms with E-state index in [2.05, 4.69) is 18.7 Å². The van der Waals surface area contributed by atoms with Crippen LogP contribution in [-0.2, 0) is 15.0 Å². The van der Waals surface area contributed by atoms with Gasteiger partial charge in [0.25, 0.3) is 0 Å². The zero-order chi connectivity index (χ0) is 17.8. The molecule has 1 heterocycles. The molecule has 0 unspecified atom stereocenters. The number of hydrogen-bond donors (Lipinski definition) is 1. The van der Waals surface area contributed by atoms with Gasteiger partial charge in [-0.3, -0.25) is 4.55 Å². The van der Waals surface area contributed by atoms with Crippen LogP contribution in [0.25, 0.3) is 0 Å². The molecule has 0 spiro atoms. The molecule has 0 aliphatic carbocycles. The molecule has 1 saturated heterocycles. The van der Waals surface area contributed by atoms with Crippen LogP contribution < -0.4 is 0 Å². The Morgan fingerprint density at radius 3 is 2.25 bits per heavy atom. The van der Waals surface area contributed by atoms with E-state index in [4.69, 9.17) is 9.29 Å². The first-order valence-electron chi connectivity index (χ1n) is 9.53. The predicted molar refractivity (Wildman–Crippen MR) is 97.6 cm³/mol. The molecule has 1 N–H and O–H groups in total. The highest BCUT2D eigenvalue weighted by molar-refractivity contribution is 7.83. The second-order valence-corrected chi connectivity index (χ2v) is 8.06. The van der Waals surface area contributed by atoms with E-state index < -0.39 is 10.3 Å². The average molecular weight is 365 g/mol. The van der Waals surface area contributed by atoms with Gasteiger partial charge < -0.3 is 9.64 Å². The molecule has 144 valence electrons. The SMILES string of the molecule is CCCCN(CC)CCCCCCOC1CCN(S(=O)(=O)O)CC1. The van der Waals surface area contributed by atoms with Crippen LogP contribution in [0, 0.1) is 0 Å². The lowest BCUT2D eigenvalue weighted by Gasteiger charge is -2.29. The van der Waals surface area contributed by atoms with Gasteiger partial charge in [-0.15, -0.1) is 0 Å². The fourth-order valence-corrected chi connectivity index (χ4v) is 3.75. The Hall–Kier alpha value is -0.210. The van der Waals surface area contributed by atoms with Crippen molar-refractivity contribution in [1.29, 1.82) is 0 Å². The highest BCUT2D eigenvalue weighted by Crippen LogP contribution is 2.16. The summed E-state index contributed by atoms with van der Waals surface area (Å²) in [7, 11) is -4.03. The summed E-state index contributed by atoms with van der Waals surface area (Å²) in [5, 5.41) is 0. The molecule has 0 aromatic heterocycles. The lowest BCUT2D eigenvalue weighted by atomic mass is 10.1. The van der Waals surface area contributed by atoms with Gasteiger partial charge in [-0.1, -0.05) is 33.1 Å². The minimum absolute atomic E-state index is 0.132. The summed E-state index contributed by atoms with van der Waals surface area (Å²) in [5.74, 6) is 0. The van der Waals surface area contributed by atoms with Crippen molar-refractivity contribution in [3.05, 3.63) is 0 Å². The van der Waals surface area contributed by atoms with Crippen LogP contribution >= 0.6 is 0 Å². The Morgan fingerprint density at radius 1 is 1.04 bits per heavy atom. The number of nitrogens with zero attached hydrogens (tertiary/aromatic N) is 2. The maximum atomic E-state index is 11.0. The van der Waals surface area contributed by atoms with Crippen LogP contribution in [0.4, 0.5) is 0 Å². The van der Waals surface area contributed by atoms with E-state index in [1.54, 1.807) is 0 Å². The summed E-state index contributed by atoms with van der Waals surface area (Å²) < 4.78 is 38.0. The van der Waals surface area contributed by atoms with Crippen molar-refractivity contribution < 1.29 is 17.7 Å². The maximum absolute atomic E-state index is 11.0. The molecule has 1 aliphatic rings. The number of ether oxygens (including phenoxy) is 1. The first-order valence-corrected chi connectivity index (χ1v) is 10.9. The third kappa shape index (κ3) is 9.32. The molecule has 1 fully saturated rings. The van der Waals surface area contributed by atoms with Gasteiger partial charge in [0.1, 0.15) is 0 Å². The largest absolute Gasteiger partial charge is 0.378 e. The number of unbranched alkanes of at least 4 members (excludes halogenated alkanes) is 4. The number of piperidine rings is 1. The summed E-state index contributed by atoms with van der Waals surface area (Å²) >= 11 is 0.